The third-order valence-electron chi connectivity index (χ3n) is 15.7. The number of carbonyl (C=O) groups excluding carboxylic acids is 8. The molecule has 86 heavy (non-hydrogen) atoms. The Kier molecular flexibility index (Phi) is 22.9. The molecule has 21 nitrogen and oxygen atoms in total. The van der Waals surface area contributed by atoms with Crippen molar-refractivity contribution in [2.75, 3.05) is 40.0 Å². The molecule has 0 radical (unpaired) electrons. The molecule has 0 bridgehead atoms. The molecule has 2 saturated heterocycles. The van der Waals surface area contributed by atoms with Crippen LogP contribution < -0.4 is 26.6 Å². The van der Waals surface area contributed by atoms with Gasteiger partial charge in [-0.2, -0.15) is 0 Å². The van der Waals surface area contributed by atoms with Crippen molar-refractivity contribution in [3.05, 3.63) is 70.8 Å². The highest BCUT2D eigenvalue weighted by atomic mass is 16.6. The number of carbonyl (C=O) groups is 8. The molecule has 470 valence electrons. The summed E-state index contributed by atoms with van der Waals surface area (Å²) in [6.07, 6.45) is 2.36. The number of aryl methyl sites for hydroxylation is 2. The molecular formula is C65H92N8O13. The summed E-state index contributed by atoms with van der Waals surface area (Å²) in [5, 5.41) is 24.6. The first-order valence-corrected chi connectivity index (χ1v) is 30.0. The fourth-order valence-electron chi connectivity index (χ4n) is 11.1. The number of benzene rings is 2. The van der Waals surface area contributed by atoms with E-state index in [0.29, 0.717) is 6.42 Å². The predicted octanol–water partition coefficient (Wildman–Crippen LogP) is 5.56. The van der Waals surface area contributed by atoms with Crippen LogP contribution in [0.25, 0.3) is 0 Å². The zero-order chi connectivity index (χ0) is 63.5. The molecule has 10 atom stereocenters. The Hall–Kier alpha value is -7.20. The summed E-state index contributed by atoms with van der Waals surface area (Å²) >= 11 is 0. The lowest BCUT2D eigenvalue weighted by atomic mass is 9.85. The number of likely N-dealkylation sites (tertiary alicyclic amines) is 2. The van der Waals surface area contributed by atoms with Gasteiger partial charge in [0.25, 0.3) is 0 Å². The van der Waals surface area contributed by atoms with Crippen LogP contribution in [0, 0.1) is 34.5 Å². The second-order valence-corrected chi connectivity index (χ2v) is 27.0. The molecule has 2 aliphatic heterocycles. The lowest BCUT2D eigenvalue weighted by molar-refractivity contribution is -0.144. The third kappa shape index (κ3) is 18.7. The second kappa shape index (κ2) is 29.0. The Morgan fingerprint density at radius 1 is 0.616 bits per heavy atom. The number of amides is 8. The maximum absolute atomic E-state index is 14.8. The molecule has 2 aromatic rings. The number of hydrogen-bond donors (Lipinski definition) is 6. The summed E-state index contributed by atoms with van der Waals surface area (Å²) < 4.78 is 23.2. The molecule has 1 unspecified atom stereocenters. The second-order valence-electron chi connectivity index (χ2n) is 27.0. The Morgan fingerprint density at radius 3 is 1.44 bits per heavy atom. The number of hydrogen-bond acceptors (Lipinski definition) is 13. The van der Waals surface area contributed by atoms with Crippen molar-refractivity contribution in [3.8, 4) is 23.7 Å². The molecule has 0 aromatic heterocycles. The van der Waals surface area contributed by atoms with Gasteiger partial charge in [0, 0.05) is 33.0 Å². The van der Waals surface area contributed by atoms with E-state index < -0.39 is 113 Å². The normalized spacial score (nSPS) is 21.6. The van der Waals surface area contributed by atoms with E-state index in [1.54, 1.807) is 69.2 Å². The smallest absolute Gasteiger partial charge is 0.410 e. The van der Waals surface area contributed by atoms with E-state index in [2.05, 4.69) is 56.3 Å². The summed E-state index contributed by atoms with van der Waals surface area (Å²) in [6.45, 7) is 21.4. The van der Waals surface area contributed by atoms with Crippen LogP contribution >= 0.6 is 0 Å². The minimum atomic E-state index is -1.44. The number of rotatable bonds is 17. The summed E-state index contributed by atoms with van der Waals surface area (Å²) in [7, 11) is 1.45. The van der Waals surface area contributed by atoms with Gasteiger partial charge in [0.2, 0.25) is 35.4 Å². The van der Waals surface area contributed by atoms with E-state index in [4.69, 9.17) is 18.9 Å². The lowest BCUT2D eigenvalue weighted by Gasteiger charge is -2.37. The van der Waals surface area contributed by atoms with E-state index in [1.165, 1.54) is 21.7 Å². The van der Waals surface area contributed by atoms with E-state index >= 15 is 0 Å². The number of aliphatic hydroxyl groups excluding tert-OH is 1. The predicted molar refractivity (Wildman–Crippen MR) is 322 cm³/mol. The van der Waals surface area contributed by atoms with Crippen molar-refractivity contribution in [1.29, 1.82) is 0 Å². The van der Waals surface area contributed by atoms with Crippen LogP contribution in [-0.4, -0.2) is 167 Å². The molecule has 4 aliphatic rings. The summed E-state index contributed by atoms with van der Waals surface area (Å²) in [5.74, 6) is 8.18. The Morgan fingerprint density at radius 2 is 1.03 bits per heavy atom. The maximum Gasteiger partial charge on any atom is 0.410 e. The van der Waals surface area contributed by atoms with Gasteiger partial charge >= 0.3 is 12.2 Å². The van der Waals surface area contributed by atoms with Crippen LogP contribution in [0.5, 0.6) is 0 Å². The number of ether oxygens (including phenoxy) is 4. The molecule has 6 rings (SSSR count). The van der Waals surface area contributed by atoms with Crippen LogP contribution in [0.2, 0.25) is 0 Å². The molecular weight excluding hydrogens is 1100 g/mol. The molecule has 6 N–H and O–H groups in total. The van der Waals surface area contributed by atoms with Crippen LogP contribution in [0.4, 0.5) is 9.59 Å². The molecule has 2 aromatic carbocycles. The highest BCUT2D eigenvalue weighted by Gasteiger charge is 2.48. The molecule has 2 fully saturated rings. The highest BCUT2D eigenvalue weighted by Crippen LogP contribution is 2.34. The average Bonchev–Trinajstić information content (AvgIpc) is 2.09. The zero-order valence-corrected chi connectivity index (χ0v) is 52.8. The Labute approximate surface area is 507 Å². The van der Waals surface area contributed by atoms with Gasteiger partial charge in [-0.05, 0) is 132 Å². The topological polar surface area (TPSA) is 264 Å². The van der Waals surface area contributed by atoms with Crippen molar-refractivity contribution in [3.63, 3.8) is 0 Å². The van der Waals surface area contributed by atoms with Crippen LogP contribution in [-0.2, 0) is 60.6 Å². The fourth-order valence-corrected chi connectivity index (χ4v) is 11.1. The quantitative estimate of drug-likeness (QED) is 0.106. The number of fused-ring (bicyclic) bond motifs is 2. The van der Waals surface area contributed by atoms with Gasteiger partial charge in [-0.25, -0.2) is 9.59 Å². The molecule has 8 amide bonds. The van der Waals surface area contributed by atoms with Gasteiger partial charge in [-0.15, -0.1) is 0 Å². The van der Waals surface area contributed by atoms with Crippen molar-refractivity contribution in [2.24, 2.45) is 10.8 Å². The largest absolute Gasteiger partial charge is 0.444 e. The van der Waals surface area contributed by atoms with Gasteiger partial charge in [0.1, 0.15) is 60.7 Å². The Bertz CT molecular complexity index is 2760. The minimum absolute atomic E-state index is 0.0112. The average molecular weight is 1190 g/mol. The summed E-state index contributed by atoms with van der Waals surface area (Å²) in [4.78, 5) is 115. The fraction of sp³-hybridized carbons (Fsp3) is 0.631. The van der Waals surface area contributed by atoms with E-state index in [0.717, 1.165) is 54.4 Å². The number of nitrogens with one attached hydrogen (secondary N) is 5. The van der Waals surface area contributed by atoms with Crippen molar-refractivity contribution >= 4 is 47.6 Å². The van der Waals surface area contributed by atoms with E-state index in [-0.39, 0.29) is 63.0 Å². The highest BCUT2D eigenvalue weighted by molar-refractivity contribution is 5.96. The summed E-state index contributed by atoms with van der Waals surface area (Å²) in [6, 6.07) is 8.71. The van der Waals surface area contributed by atoms with Crippen LogP contribution in [0.3, 0.4) is 0 Å². The van der Waals surface area contributed by atoms with Gasteiger partial charge < -0.3 is 60.4 Å². The third-order valence-corrected chi connectivity index (χ3v) is 15.7. The summed E-state index contributed by atoms with van der Waals surface area (Å²) in [5.41, 5.74) is 0.948. The van der Waals surface area contributed by atoms with Gasteiger partial charge in [-0.1, -0.05) is 102 Å². The number of likely N-dealkylation sites (N-methyl/N-ethyl adjacent to an activating group) is 1. The van der Waals surface area contributed by atoms with Crippen molar-refractivity contribution in [1.82, 2.24) is 41.3 Å². The minimum Gasteiger partial charge on any atom is -0.444 e. The van der Waals surface area contributed by atoms with Gasteiger partial charge in [-0.3, -0.25) is 33.7 Å². The van der Waals surface area contributed by atoms with Gasteiger partial charge in [0.15, 0.2) is 0 Å². The molecule has 2 heterocycles. The molecule has 2 aliphatic carbocycles. The van der Waals surface area contributed by atoms with Crippen molar-refractivity contribution in [2.45, 2.75) is 213 Å². The number of nitrogens with zero attached hydrogens (tertiary/aromatic N) is 3. The standard InChI is InChI=1S/C65H92N8O13/c1-40(71(14)61(82)86-65(11,12)13)54(75)69-52(62(2,3)4)58(79)72-37-43(35-50(72)56(77)66-47-31-23-27-41-25-17-19-29-45(41)47)83-33-21-15-16-22-34-84-44-36-51(57(78)67-48-32-24-28-42-26-18-20-30-46(42)48)73(38-44)59(80)53(63(5,6)7)70-55(76)49(39-74)68-60(81)85-64(8,9)10/h17-20,25-26,29-30,40,43-44,47-53,74H,23-24,27-28,31-39H2,1-14H3,(H,66,77)(H,67,78)(H,68,81)(H,69,75)(H,70,76)/t40-,43-,44-,47+,48?,49-,50-,51-,52+,53+/m0/s1. The first-order valence-electron chi connectivity index (χ1n) is 30.0. The zero-order valence-electron chi connectivity index (χ0n) is 52.8. The SMILES string of the molecule is C[C@@H](C(=O)N[C@H](C(=O)N1C[C@@H](OCC#CC#CCO[C@H]2C[C@@H](C(=O)NC3CCCc4ccccc43)N(C(=O)[C@@H](NC(=O)[C@H](CO)NC(=O)OC(C)(C)C)C(C)(C)C)C2)C[C@H]1C(=O)N[C@@H]1CCCc2ccccc21)C(C)(C)C)N(C)C(=O)OC(C)(C)C. The van der Waals surface area contributed by atoms with Gasteiger partial charge in [0.05, 0.1) is 30.9 Å². The van der Waals surface area contributed by atoms with E-state index in [9.17, 15) is 43.5 Å². The monoisotopic (exact) mass is 1190 g/mol. The Balaban J connectivity index is 1.14. The number of alkyl carbamates (subject to hydrolysis) is 1. The molecule has 0 spiro atoms. The first-order chi connectivity index (χ1) is 40.3. The molecule has 0 saturated carbocycles. The van der Waals surface area contributed by atoms with Crippen molar-refractivity contribution < 1.29 is 62.4 Å². The lowest BCUT2D eigenvalue weighted by Crippen LogP contribution is -2.61. The van der Waals surface area contributed by atoms with Crippen LogP contribution in [0.1, 0.15) is 163 Å². The molecule has 21 heteroatoms. The van der Waals surface area contributed by atoms with E-state index in [1.807, 2.05) is 63.2 Å². The first kappa shape index (κ1) is 67.9. The maximum atomic E-state index is 14.8. The van der Waals surface area contributed by atoms with Crippen LogP contribution in [0.15, 0.2) is 48.5 Å². The number of aliphatic hydroxyl groups is 1.